The molecule has 1 amide bonds. The number of aryl methyl sites for hydroxylation is 1. The maximum Gasteiger partial charge on any atom is 0.308 e. The van der Waals surface area contributed by atoms with E-state index in [1.54, 1.807) is 39.8 Å². The normalized spacial score (nSPS) is 18.2. The number of nitrogens with one attached hydrogen (secondary N) is 1. The molecule has 1 N–H and O–H groups in total. The molecule has 0 fully saturated rings. The first kappa shape index (κ1) is 20.0. The predicted molar refractivity (Wildman–Crippen MR) is 96.4 cm³/mol. The van der Waals surface area contributed by atoms with Crippen LogP contribution in [0.5, 0.6) is 0 Å². The highest BCUT2D eigenvalue weighted by atomic mass is 32.2. The molecule has 1 aromatic carbocycles. The number of ether oxygens (including phenoxy) is 1. The lowest BCUT2D eigenvalue weighted by atomic mass is 10.1. The van der Waals surface area contributed by atoms with Gasteiger partial charge in [-0.15, -0.1) is 0 Å². The third-order valence-electron chi connectivity index (χ3n) is 3.63. The van der Waals surface area contributed by atoms with E-state index in [1.165, 1.54) is 18.3 Å². The maximum atomic E-state index is 13.0. The summed E-state index contributed by atoms with van der Waals surface area (Å²) in [5.41, 5.74) is 0.567. The number of hydrogen-bond acceptors (Lipinski definition) is 5. The summed E-state index contributed by atoms with van der Waals surface area (Å²) in [6.45, 7) is 8.55. The fourth-order valence-electron chi connectivity index (χ4n) is 2.50. The van der Waals surface area contributed by atoms with Crippen molar-refractivity contribution in [3.05, 3.63) is 41.7 Å². The number of carbonyl (C=O) groups excluding carboxylic acids is 2. The minimum Gasteiger partial charge on any atom is -0.460 e. The van der Waals surface area contributed by atoms with Crippen molar-refractivity contribution >= 4 is 21.9 Å². The number of allylic oxidation sites excluding steroid dienone is 1. The van der Waals surface area contributed by atoms with Gasteiger partial charge in [0, 0.05) is 11.9 Å². The minimum absolute atomic E-state index is 0.0519. The molecule has 1 aliphatic rings. The van der Waals surface area contributed by atoms with Crippen LogP contribution >= 0.6 is 0 Å². The van der Waals surface area contributed by atoms with E-state index in [-0.39, 0.29) is 11.3 Å². The van der Waals surface area contributed by atoms with E-state index >= 15 is 0 Å². The maximum absolute atomic E-state index is 13.0. The second-order valence-electron chi connectivity index (χ2n) is 7.26. The van der Waals surface area contributed by atoms with Crippen LogP contribution in [-0.4, -0.2) is 36.2 Å². The Morgan fingerprint density at radius 1 is 1.19 bits per heavy atom. The van der Waals surface area contributed by atoms with E-state index in [9.17, 15) is 18.0 Å². The monoisotopic (exact) mass is 380 g/mol. The lowest BCUT2D eigenvalue weighted by molar-refractivity contribution is -0.157. The molecular weight excluding hydrogens is 356 g/mol. The Kier molecular flexibility index (Phi) is 5.46. The smallest absolute Gasteiger partial charge is 0.308 e. The highest BCUT2D eigenvalue weighted by molar-refractivity contribution is 7.89. The standard InChI is InChI=1S/C18H24N2O5S/c1-12-6-8-14(9-7-12)26(23,24)20-11-13(2)19-17(22)15(20)10-16(21)25-18(3,4)5/h6-9,11,15H,10H2,1-5H3,(H,19,22). The van der Waals surface area contributed by atoms with Crippen LogP contribution in [0.1, 0.15) is 39.7 Å². The summed E-state index contributed by atoms with van der Waals surface area (Å²) < 4.78 is 32.2. The molecule has 0 bridgehead atoms. The van der Waals surface area contributed by atoms with Crippen molar-refractivity contribution in [3.8, 4) is 0 Å². The zero-order valence-electron chi connectivity index (χ0n) is 15.6. The van der Waals surface area contributed by atoms with E-state index in [4.69, 9.17) is 4.74 Å². The van der Waals surface area contributed by atoms with E-state index in [2.05, 4.69) is 5.32 Å². The van der Waals surface area contributed by atoms with Crippen molar-refractivity contribution in [1.82, 2.24) is 9.62 Å². The Balaban J connectivity index is 2.38. The number of nitrogens with zero attached hydrogens (tertiary/aromatic N) is 1. The Labute approximate surface area is 154 Å². The van der Waals surface area contributed by atoms with Gasteiger partial charge in [0.2, 0.25) is 5.91 Å². The average Bonchev–Trinajstić information content (AvgIpc) is 2.48. The van der Waals surface area contributed by atoms with Gasteiger partial charge in [-0.25, -0.2) is 8.42 Å². The first-order valence-corrected chi connectivity index (χ1v) is 9.65. The van der Waals surface area contributed by atoms with E-state index in [1.807, 2.05) is 6.92 Å². The summed E-state index contributed by atoms with van der Waals surface area (Å²) >= 11 is 0. The number of rotatable bonds is 4. The topological polar surface area (TPSA) is 92.8 Å². The van der Waals surface area contributed by atoms with Crippen LogP contribution < -0.4 is 5.32 Å². The van der Waals surface area contributed by atoms with Crippen LogP contribution in [0.15, 0.2) is 41.1 Å². The predicted octanol–water partition coefficient (Wildman–Crippen LogP) is 2.08. The molecule has 2 rings (SSSR count). The molecule has 0 saturated carbocycles. The van der Waals surface area contributed by atoms with E-state index in [0.717, 1.165) is 9.87 Å². The van der Waals surface area contributed by atoms with Crippen molar-refractivity contribution in [1.29, 1.82) is 0 Å². The molecule has 1 aliphatic heterocycles. The fraction of sp³-hybridized carbons (Fsp3) is 0.444. The fourth-order valence-corrected chi connectivity index (χ4v) is 4.02. The van der Waals surface area contributed by atoms with Crippen LogP contribution in [0.3, 0.4) is 0 Å². The highest BCUT2D eigenvalue weighted by Crippen LogP contribution is 2.25. The molecule has 0 saturated heterocycles. The summed E-state index contributed by atoms with van der Waals surface area (Å²) in [5.74, 6) is -1.21. The van der Waals surface area contributed by atoms with Gasteiger partial charge in [-0.1, -0.05) is 17.7 Å². The number of carbonyl (C=O) groups is 2. The minimum atomic E-state index is -3.99. The Morgan fingerprint density at radius 2 is 1.77 bits per heavy atom. The average molecular weight is 380 g/mol. The van der Waals surface area contributed by atoms with Crippen LogP contribution in [0.2, 0.25) is 0 Å². The first-order valence-electron chi connectivity index (χ1n) is 8.21. The summed E-state index contributed by atoms with van der Waals surface area (Å²) in [4.78, 5) is 24.6. The molecule has 7 nitrogen and oxygen atoms in total. The number of benzene rings is 1. The molecule has 1 heterocycles. The third kappa shape index (κ3) is 4.63. The molecular formula is C18H24N2O5S. The van der Waals surface area contributed by atoms with Gasteiger partial charge < -0.3 is 10.1 Å². The molecule has 142 valence electrons. The van der Waals surface area contributed by atoms with Gasteiger partial charge in [0.25, 0.3) is 10.0 Å². The second-order valence-corrected chi connectivity index (χ2v) is 9.10. The summed E-state index contributed by atoms with van der Waals surface area (Å²) in [5, 5.41) is 2.57. The van der Waals surface area contributed by atoms with E-state index < -0.39 is 33.5 Å². The lowest BCUT2D eigenvalue weighted by Crippen LogP contribution is -2.51. The molecule has 26 heavy (non-hydrogen) atoms. The number of amides is 1. The summed E-state index contributed by atoms with van der Waals surface area (Å²) in [6.07, 6.45) is 0.948. The largest absolute Gasteiger partial charge is 0.460 e. The number of sulfonamides is 1. The van der Waals surface area contributed by atoms with Crippen LogP contribution in [0.25, 0.3) is 0 Å². The van der Waals surface area contributed by atoms with Crippen LogP contribution in [0, 0.1) is 6.92 Å². The Hall–Kier alpha value is -2.35. The van der Waals surface area contributed by atoms with E-state index in [0.29, 0.717) is 5.70 Å². The zero-order chi connectivity index (χ0) is 19.7. The van der Waals surface area contributed by atoms with Gasteiger partial charge in [-0.05, 0) is 46.8 Å². The molecule has 0 aliphatic carbocycles. The quantitative estimate of drug-likeness (QED) is 0.808. The van der Waals surface area contributed by atoms with Crippen LogP contribution in [0.4, 0.5) is 0 Å². The van der Waals surface area contributed by atoms with Crippen molar-refractivity contribution in [2.24, 2.45) is 0 Å². The van der Waals surface area contributed by atoms with Gasteiger partial charge in [-0.3, -0.25) is 13.9 Å². The summed E-state index contributed by atoms with van der Waals surface area (Å²) in [7, 11) is -3.99. The van der Waals surface area contributed by atoms with Gasteiger partial charge in [0.05, 0.1) is 11.3 Å². The zero-order valence-corrected chi connectivity index (χ0v) is 16.4. The first-order chi connectivity index (χ1) is 11.9. The van der Waals surface area contributed by atoms with Gasteiger partial charge in [0.15, 0.2) is 0 Å². The number of hydrogen-bond donors (Lipinski definition) is 1. The second kappa shape index (κ2) is 7.11. The molecule has 0 spiro atoms. The lowest BCUT2D eigenvalue weighted by Gasteiger charge is -2.33. The SMILES string of the molecule is CC1=CN(S(=O)(=O)c2ccc(C)cc2)C(CC(=O)OC(C)(C)C)C(=O)N1. The molecule has 0 aromatic heterocycles. The van der Waals surface area contributed by atoms with Crippen molar-refractivity contribution < 1.29 is 22.7 Å². The molecule has 0 radical (unpaired) electrons. The molecule has 8 heteroatoms. The van der Waals surface area contributed by atoms with Gasteiger partial charge >= 0.3 is 5.97 Å². The molecule has 1 aromatic rings. The molecule has 1 unspecified atom stereocenters. The third-order valence-corrected chi connectivity index (χ3v) is 5.41. The van der Waals surface area contributed by atoms with Crippen molar-refractivity contribution in [2.45, 2.75) is 57.6 Å². The van der Waals surface area contributed by atoms with Crippen molar-refractivity contribution in [2.75, 3.05) is 0 Å². The highest BCUT2D eigenvalue weighted by Gasteiger charge is 2.39. The molecule has 1 atom stereocenters. The van der Waals surface area contributed by atoms with Crippen LogP contribution in [-0.2, 0) is 24.3 Å². The van der Waals surface area contributed by atoms with Gasteiger partial charge in [0.1, 0.15) is 11.6 Å². The summed E-state index contributed by atoms with van der Waals surface area (Å²) in [6, 6.07) is 5.10. The Bertz CT molecular complexity index is 835. The number of esters is 1. The van der Waals surface area contributed by atoms with Crippen molar-refractivity contribution in [3.63, 3.8) is 0 Å². The Morgan fingerprint density at radius 3 is 2.31 bits per heavy atom. The van der Waals surface area contributed by atoms with Gasteiger partial charge in [-0.2, -0.15) is 0 Å².